The molecule has 0 bridgehead atoms. The van der Waals surface area contributed by atoms with Crippen molar-refractivity contribution in [3.05, 3.63) is 65.5 Å². The van der Waals surface area contributed by atoms with Crippen molar-refractivity contribution in [3.63, 3.8) is 0 Å². The van der Waals surface area contributed by atoms with Gasteiger partial charge < -0.3 is 19.5 Å². The second-order valence-corrected chi connectivity index (χ2v) is 9.41. The molecule has 0 amide bonds. The number of allylic oxidation sites excluding steroid dienone is 1. The Balaban J connectivity index is 1.35. The van der Waals surface area contributed by atoms with Crippen LogP contribution in [-0.2, 0) is 20.7 Å². The second kappa shape index (κ2) is 11.5. The number of benzene rings is 2. The van der Waals surface area contributed by atoms with E-state index in [2.05, 4.69) is 15.3 Å². The van der Waals surface area contributed by atoms with E-state index in [1.807, 2.05) is 11.8 Å². The van der Waals surface area contributed by atoms with Crippen LogP contribution in [0.25, 0.3) is 10.9 Å². The lowest BCUT2D eigenvalue weighted by molar-refractivity contribution is -0.116. The summed E-state index contributed by atoms with van der Waals surface area (Å²) in [7, 11) is 0. The molecule has 2 fully saturated rings. The standard InChI is InChI=1S/C28H30F2N4O4/c1-3-36-25-13-23-20(28(32-16-31-23)33-19-4-5-21(29)17(2)10-19)11-18(25)12-24(35)22(30)6-7-34-14-26-27(15-34)38-9-8-37-26/h4-6,10-11,13,16,26-27H,3,7-9,12,14-15H2,1-2H3,(H,31,32,33)/b22-6+/t26-,27+. The number of aromatic nitrogens is 2. The summed E-state index contributed by atoms with van der Waals surface area (Å²) >= 11 is 0. The third-order valence-electron chi connectivity index (χ3n) is 6.72. The van der Waals surface area contributed by atoms with E-state index in [-0.39, 0.29) is 24.4 Å². The topological polar surface area (TPSA) is 85.8 Å². The van der Waals surface area contributed by atoms with Crippen LogP contribution in [0.3, 0.4) is 0 Å². The summed E-state index contributed by atoms with van der Waals surface area (Å²) < 4.78 is 45.8. The lowest BCUT2D eigenvalue weighted by atomic mass is 10.0. The molecule has 1 aromatic heterocycles. The molecule has 0 spiro atoms. The highest BCUT2D eigenvalue weighted by atomic mass is 19.1. The molecule has 1 N–H and O–H groups in total. The molecule has 10 heteroatoms. The zero-order chi connectivity index (χ0) is 26.6. The Morgan fingerprint density at radius 1 is 1.18 bits per heavy atom. The third-order valence-corrected chi connectivity index (χ3v) is 6.72. The summed E-state index contributed by atoms with van der Waals surface area (Å²) in [5.41, 5.74) is 2.27. The van der Waals surface area contributed by atoms with Gasteiger partial charge in [-0.3, -0.25) is 9.69 Å². The van der Waals surface area contributed by atoms with Gasteiger partial charge in [0.15, 0.2) is 11.6 Å². The Bertz CT molecular complexity index is 1350. The number of halogens is 2. The van der Waals surface area contributed by atoms with Crippen molar-refractivity contribution < 1.29 is 27.8 Å². The summed E-state index contributed by atoms with van der Waals surface area (Å²) in [6, 6.07) is 8.13. The molecule has 2 aliphatic rings. The molecule has 0 saturated carbocycles. The van der Waals surface area contributed by atoms with Crippen molar-refractivity contribution in [2.75, 3.05) is 44.8 Å². The molecule has 8 nitrogen and oxygen atoms in total. The van der Waals surface area contributed by atoms with E-state index in [4.69, 9.17) is 14.2 Å². The number of rotatable bonds is 9. The molecule has 3 heterocycles. The third kappa shape index (κ3) is 5.82. The minimum Gasteiger partial charge on any atom is -0.494 e. The molecular formula is C28H30F2N4O4. The minimum absolute atomic E-state index is 0.00823. The number of hydrogen-bond acceptors (Lipinski definition) is 8. The van der Waals surface area contributed by atoms with Gasteiger partial charge in [-0.05, 0) is 49.8 Å². The maximum atomic E-state index is 14.9. The molecule has 0 unspecified atom stereocenters. The van der Waals surface area contributed by atoms with E-state index >= 15 is 0 Å². The van der Waals surface area contributed by atoms with Crippen LogP contribution in [0.5, 0.6) is 5.75 Å². The first-order valence-corrected chi connectivity index (χ1v) is 12.7. The monoisotopic (exact) mass is 524 g/mol. The van der Waals surface area contributed by atoms with Crippen molar-refractivity contribution in [1.29, 1.82) is 0 Å². The Kier molecular flexibility index (Phi) is 7.92. The van der Waals surface area contributed by atoms with E-state index in [1.54, 1.807) is 31.2 Å². The smallest absolute Gasteiger partial charge is 0.195 e. The van der Waals surface area contributed by atoms with E-state index in [0.29, 0.717) is 78.7 Å². The number of anilines is 2. The van der Waals surface area contributed by atoms with Gasteiger partial charge >= 0.3 is 0 Å². The summed E-state index contributed by atoms with van der Waals surface area (Å²) in [5.74, 6) is -0.802. The molecule has 38 heavy (non-hydrogen) atoms. The summed E-state index contributed by atoms with van der Waals surface area (Å²) in [6.45, 7) is 6.60. The fourth-order valence-corrected chi connectivity index (χ4v) is 4.78. The minimum atomic E-state index is -0.797. The van der Waals surface area contributed by atoms with Crippen LogP contribution >= 0.6 is 0 Å². The van der Waals surface area contributed by atoms with Crippen molar-refractivity contribution >= 4 is 28.2 Å². The van der Waals surface area contributed by atoms with Crippen molar-refractivity contribution in [1.82, 2.24) is 14.9 Å². The van der Waals surface area contributed by atoms with Gasteiger partial charge in [0.1, 0.15) is 23.7 Å². The maximum Gasteiger partial charge on any atom is 0.195 e. The zero-order valence-corrected chi connectivity index (χ0v) is 21.4. The number of likely N-dealkylation sites (tertiary alicyclic amines) is 1. The first-order valence-electron chi connectivity index (χ1n) is 12.7. The molecule has 2 aliphatic heterocycles. The normalized spacial score (nSPS) is 19.9. The van der Waals surface area contributed by atoms with Gasteiger partial charge in [-0.25, -0.2) is 18.7 Å². The number of carbonyl (C=O) groups excluding carboxylic acids is 1. The Labute approximate surface area is 219 Å². The fourth-order valence-electron chi connectivity index (χ4n) is 4.78. The molecule has 2 aromatic carbocycles. The van der Waals surface area contributed by atoms with Crippen molar-refractivity contribution in [2.45, 2.75) is 32.5 Å². The van der Waals surface area contributed by atoms with Crippen LogP contribution in [-0.4, -0.2) is 72.3 Å². The van der Waals surface area contributed by atoms with E-state index in [1.165, 1.54) is 18.5 Å². The number of ether oxygens (including phenoxy) is 3. The van der Waals surface area contributed by atoms with Crippen LogP contribution in [0.4, 0.5) is 20.3 Å². The number of fused-ring (bicyclic) bond motifs is 2. The number of hydrogen-bond donors (Lipinski definition) is 1. The van der Waals surface area contributed by atoms with E-state index in [9.17, 15) is 13.6 Å². The van der Waals surface area contributed by atoms with Crippen LogP contribution in [0, 0.1) is 12.7 Å². The Morgan fingerprint density at radius 3 is 2.66 bits per heavy atom. The number of aryl methyl sites for hydroxylation is 1. The molecule has 200 valence electrons. The average Bonchev–Trinajstić information content (AvgIpc) is 3.33. The molecule has 2 saturated heterocycles. The molecule has 0 radical (unpaired) electrons. The van der Waals surface area contributed by atoms with Gasteiger partial charge in [-0.2, -0.15) is 0 Å². The van der Waals surface area contributed by atoms with Gasteiger partial charge in [0.05, 0.1) is 37.5 Å². The lowest BCUT2D eigenvalue weighted by Crippen LogP contribution is -2.36. The highest BCUT2D eigenvalue weighted by Crippen LogP contribution is 2.31. The van der Waals surface area contributed by atoms with Gasteiger partial charge in [-0.1, -0.05) is 0 Å². The second-order valence-electron chi connectivity index (χ2n) is 9.41. The number of carbonyl (C=O) groups is 1. The van der Waals surface area contributed by atoms with Crippen molar-refractivity contribution in [2.24, 2.45) is 0 Å². The molecule has 5 rings (SSSR count). The number of ketones is 1. The van der Waals surface area contributed by atoms with Gasteiger partial charge in [0, 0.05) is 48.8 Å². The van der Waals surface area contributed by atoms with Gasteiger partial charge in [0.2, 0.25) is 0 Å². The summed E-state index contributed by atoms with van der Waals surface area (Å²) in [6.07, 6.45) is 2.52. The van der Waals surface area contributed by atoms with E-state index in [0.717, 1.165) is 0 Å². The first-order chi connectivity index (χ1) is 18.4. The van der Waals surface area contributed by atoms with Crippen LogP contribution in [0.2, 0.25) is 0 Å². The predicted octanol–water partition coefficient (Wildman–Crippen LogP) is 4.28. The summed E-state index contributed by atoms with van der Waals surface area (Å²) in [5, 5.41) is 3.82. The SMILES string of the molecule is CCOc1cc2ncnc(Nc3ccc(F)c(C)c3)c2cc1CC(=O)/C(F)=C\CN1C[C@@H]2OCCO[C@@H]2C1. The number of nitrogens with one attached hydrogen (secondary N) is 1. The zero-order valence-electron chi connectivity index (χ0n) is 21.4. The molecule has 0 aliphatic carbocycles. The Morgan fingerprint density at radius 2 is 1.95 bits per heavy atom. The maximum absolute atomic E-state index is 14.9. The average molecular weight is 525 g/mol. The summed E-state index contributed by atoms with van der Waals surface area (Å²) in [4.78, 5) is 23.5. The lowest BCUT2D eigenvalue weighted by Gasteiger charge is -2.24. The number of nitrogens with zero attached hydrogens (tertiary/aromatic N) is 3. The molecular weight excluding hydrogens is 494 g/mol. The Hall–Kier alpha value is -3.47. The van der Waals surface area contributed by atoms with E-state index < -0.39 is 11.6 Å². The highest BCUT2D eigenvalue weighted by Gasteiger charge is 2.36. The predicted molar refractivity (Wildman–Crippen MR) is 139 cm³/mol. The fraction of sp³-hybridized carbons (Fsp3) is 0.393. The van der Waals surface area contributed by atoms with Crippen molar-refractivity contribution in [3.8, 4) is 5.75 Å². The largest absolute Gasteiger partial charge is 0.494 e. The first kappa shape index (κ1) is 26.1. The van der Waals surface area contributed by atoms with Crippen LogP contribution < -0.4 is 10.1 Å². The van der Waals surface area contributed by atoms with Gasteiger partial charge in [0.25, 0.3) is 0 Å². The van der Waals surface area contributed by atoms with Crippen LogP contribution in [0.15, 0.2) is 48.6 Å². The van der Waals surface area contributed by atoms with Crippen LogP contribution in [0.1, 0.15) is 18.1 Å². The highest BCUT2D eigenvalue weighted by molar-refractivity contribution is 5.97. The molecule has 3 aromatic rings. The number of Topliss-reactive ketones (excluding diaryl/α,β-unsaturated/α-hetero) is 1. The molecule has 2 atom stereocenters. The van der Waals surface area contributed by atoms with Gasteiger partial charge in [-0.15, -0.1) is 0 Å². The quantitative estimate of drug-likeness (QED) is 0.415.